The van der Waals surface area contributed by atoms with Crippen molar-refractivity contribution < 1.29 is 18.7 Å². The molecule has 0 spiro atoms. The molecule has 2 aromatic rings. The maximum absolute atomic E-state index is 12.2. The number of ether oxygens (including phenoxy) is 1. The largest absolute Gasteiger partial charge is 0.491 e. The first-order chi connectivity index (χ1) is 14.6. The molecule has 1 heterocycles. The van der Waals surface area contributed by atoms with Crippen molar-refractivity contribution in [3.8, 4) is 11.4 Å². The van der Waals surface area contributed by atoms with Crippen molar-refractivity contribution in [2.45, 2.75) is 51.5 Å². The number of hydrogen-bond donors (Lipinski definition) is 2. The van der Waals surface area contributed by atoms with Crippen LogP contribution in [0.1, 0.15) is 66.3 Å². The third-order valence-corrected chi connectivity index (χ3v) is 4.73. The summed E-state index contributed by atoms with van der Waals surface area (Å²) in [5.41, 5.74) is 1.29. The minimum Gasteiger partial charge on any atom is -0.491 e. The predicted molar refractivity (Wildman–Crippen MR) is 110 cm³/mol. The topological polar surface area (TPSA) is 98.1 Å². The minimum atomic E-state index is -0.303. The summed E-state index contributed by atoms with van der Waals surface area (Å²) in [6.45, 7) is 2.50. The first-order valence-corrected chi connectivity index (χ1v) is 10.5. The highest BCUT2D eigenvalue weighted by atomic mass is 19.1. The number of nitrogens with one attached hydrogen (secondary N) is 2. The Morgan fingerprint density at radius 2 is 2.00 bits per heavy atom. The van der Waals surface area contributed by atoms with Crippen LogP contribution in [0.2, 0.25) is 0 Å². The Bertz CT molecular complexity index is 866. The third-order valence-electron chi connectivity index (χ3n) is 4.73. The highest BCUT2D eigenvalue weighted by Crippen LogP contribution is 2.25. The van der Waals surface area contributed by atoms with Crippen molar-refractivity contribution in [3.63, 3.8) is 0 Å². The van der Waals surface area contributed by atoms with Gasteiger partial charge in [-0.25, -0.2) is 4.68 Å². The molecule has 1 aromatic heterocycles. The predicted octanol–water partition coefficient (Wildman–Crippen LogP) is 2.82. The number of carbonyl (C=O) groups excluding carboxylic acids is 2. The van der Waals surface area contributed by atoms with E-state index >= 15 is 0 Å². The van der Waals surface area contributed by atoms with Gasteiger partial charge in [0, 0.05) is 18.2 Å². The van der Waals surface area contributed by atoms with Crippen molar-refractivity contribution in [2.75, 3.05) is 19.8 Å². The normalized spacial score (nSPS) is 13.1. The molecule has 0 aliphatic heterocycles. The van der Waals surface area contributed by atoms with Gasteiger partial charge in [0.1, 0.15) is 11.4 Å². The van der Waals surface area contributed by atoms with E-state index in [0.717, 1.165) is 32.1 Å². The number of carbonyl (C=O) groups is 2. The van der Waals surface area contributed by atoms with E-state index in [4.69, 9.17) is 4.74 Å². The van der Waals surface area contributed by atoms with Crippen LogP contribution in [0.25, 0.3) is 5.69 Å². The fraction of sp³-hybridized carbons (Fsp3) is 0.524. The van der Waals surface area contributed by atoms with Crippen molar-refractivity contribution >= 4 is 11.8 Å². The summed E-state index contributed by atoms with van der Waals surface area (Å²) in [5.74, 6) is 0.0289. The van der Waals surface area contributed by atoms with Gasteiger partial charge in [0.25, 0.3) is 11.8 Å². The Morgan fingerprint density at radius 3 is 2.73 bits per heavy atom. The Hall–Kier alpha value is -2.97. The number of unbranched alkanes of at least 4 members (excludes halogenated alkanes) is 3. The lowest BCUT2D eigenvalue weighted by molar-refractivity contribution is 0.0941. The molecule has 30 heavy (non-hydrogen) atoms. The van der Waals surface area contributed by atoms with Crippen LogP contribution in [-0.4, -0.2) is 52.7 Å². The average Bonchev–Trinajstić information content (AvgIpc) is 3.42. The summed E-state index contributed by atoms with van der Waals surface area (Å²) < 4.78 is 19.6. The summed E-state index contributed by atoms with van der Waals surface area (Å²) in [5, 5.41) is 13.7. The van der Waals surface area contributed by atoms with E-state index in [9.17, 15) is 14.0 Å². The number of benzene rings is 1. The van der Waals surface area contributed by atoms with E-state index in [-0.39, 0.29) is 30.2 Å². The van der Waals surface area contributed by atoms with Crippen LogP contribution in [0.5, 0.6) is 5.75 Å². The molecule has 1 aliphatic carbocycles. The van der Waals surface area contributed by atoms with Crippen molar-refractivity contribution in [3.05, 3.63) is 35.7 Å². The number of nitrogens with zero attached hydrogens (tertiary/aromatic N) is 3. The quantitative estimate of drug-likeness (QED) is 0.518. The number of aromatic nitrogens is 3. The number of hydrogen-bond acceptors (Lipinski definition) is 5. The van der Waals surface area contributed by atoms with Crippen LogP contribution < -0.4 is 15.4 Å². The monoisotopic (exact) mass is 417 g/mol. The Balaban J connectivity index is 1.75. The van der Waals surface area contributed by atoms with Gasteiger partial charge in [-0.05, 0) is 57.2 Å². The highest BCUT2D eigenvalue weighted by molar-refractivity contribution is 5.95. The van der Waals surface area contributed by atoms with Crippen LogP contribution in [-0.2, 0) is 0 Å². The Labute approximate surface area is 175 Å². The van der Waals surface area contributed by atoms with Crippen molar-refractivity contribution in [1.82, 2.24) is 25.6 Å². The third kappa shape index (κ3) is 6.01. The van der Waals surface area contributed by atoms with E-state index in [1.165, 1.54) is 4.68 Å². The molecule has 2 amide bonds. The second-order valence-electron chi connectivity index (χ2n) is 7.29. The maximum Gasteiger partial charge on any atom is 0.273 e. The average molecular weight is 417 g/mol. The Morgan fingerprint density at radius 1 is 1.20 bits per heavy atom. The van der Waals surface area contributed by atoms with Gasteiger partial charge < -0.3 is 15.4 Å². The zero-order chi connectivity index (χ0) is 21.3. The molecule has 9 heteroatoms. The van der Waals surface area contributed by atoms with Gasteiger partial charge in [0.05, 0.1) is 19.5 Å². The van der Waals surface area contributed by atoms with Gasteiger partial charge in [0.15, 0.2) is 5.69 Å². The van der Waals surface area contributed by atoms with Crippen molar-refractivity contribution in [1.29, 1.82) is 0 Å². The first kappa shape index (κ1) is 21.7. The van der Waals surface area contributed by atoms with Gasteiger partial charge in [-0.1, -0.05) is 11.6 Å². The molecule has 0 bridgehead atoms. The molecule has 1 saturated carbocycles. The summed E-state index contributed by atoms with van der Waals surface area (Å²) in [6.07, 6.45) is 6.54. The lowest BCUT2D eigenvalue weighted by Crippen LogP contribution is -2.25. The molecule has 162 valence electrons. The standard InChI is InChI=1S/C21H28FN5O3/c1-2-23-20(28)15-7-10-18(19(13-15)30-12-6-4-3-5-11-22)27-14-17(25-26-27)21(29)24-16-8-9-16/h7,10,13-14,16H,2-6,8-9,11-12H2,1H3,(H,23,28)(H,24,29). The molecule has 0 radical (unpaired) electrons. The second-order valence-corrected chi connectivity index (χ2v) is 7.29. The first-order valence-electron chi connectivity index (χ1n) is 10.5. The van der Waals surface area contributed by atoms with Crippen LogP contribution >= 0.6 is 0 Å². The molecule has 0 atom stereocenters. The summed E-state index contributed by atoms with van der Waals surface area (Å²) in [6, 6.07) is 5.30. The van der Waals surface area contributed by atoms with Crippen molar-refractivity contribution in [2.24, 2.45) is 0 Å². The highest BCUT2D eigenvalue weighted by Gasteiger charge is 2.25. The van der Waals surface area contributed by atoms with Crippen LogP contribution in [0.15, 0.2) is 24.4 Å². The molecule has 1 fully saturated rings. The van der Waals surface area contributed by atoms with Gasteiger partial charge >= 0.3 is 0 Å². The minimum absolute atomic E-state index is 0.195. The van der Waals surface area contributed by atoms with Gasteiger partial charge in [-0.3, -0.25) is 14.0 Å². The fourth-order valence-corrected chi connectivity index (χ4v) is 2.93. The molecule has 3 rings (SSSR count). The summed E-state index contributed by atoms with van der Waals surface area (Å²) in [7, 11) is 0. The number of amides is 2. The van der Waals surface area contributed by atoms with Crippen LogP contribution in [0.3, 0.4) is 0 Å². The zero-order valence-corrected chi connectivity index (χ0v) is 17.2. The molecule has 1 aromatic carbocycles. The maximum atomic E-state index is 12.2. The van der Waals surface area contributed by atoms with E-state index in [2.05, 4.69) is 20.9 Å². The number of rotatable bonds is 12. The van der Waals surface area contributed by atoms with Crippen LogP contribution in [0, 0.1) is 0 Å². The number of halogens is 1. The summed E-state index contributed by atoms with van der Waals surface area (Å²) >= 11 is 0. The fourth-order valence-electron chi connectivity index (χ4n) is 2.93. The lowest BCUT2D eigenvalue weighted by atomic mass is 10.1. The van der Waals surface area contributed by atoms with Gasteiger partial charge in [-0.2, -0.15) is 0 Å². The van der Waals surface area contributed by atoms with E-state index in [1.807, 2.05) is 6.92 Å². The second kappa shape index (κ2) is 10.7. The summed E-state index contributed by atoms with van der Waals surface area (Å²) in [4.78, 5) is 24.4. The lowest BCUT2D eigenvalue weighted by Gasteiger charge is -2.13. The van der Waals surface area contributed by atoms with E-state index in [1.54, 1.807) is 24.4 Å². The Kier molecular flexibility index (Phi) is 7.75. The molecule has 0 saturated heterocycles. The zero-order valence-electron chi connectivity index (χ0n) is 17.2. The van der Waals surface area contributed by atoms with E-state index in [0.29, 0.717) is 36.6 Å². The molecule has 2 N–H and O–H groups in total. The van der Waals surface area contributed by atoms with E-state index < -0.39 is 0 Å². The molecule has 8 nitrogen and oxygen atoms in total. The SMILES string of the molecule is CCNC(=O)c1ccc(-n2cc(C(=O)NC3CC3)nn2)c(OCCCCCCF)c1. The number of alkyl halides is 1. The molecule has 0 unspecified atom stereocenters. The van der Waals surface area contributed by atoms with Gasteiger partial charge in [0.2, 0.25) is 0 Å². The smallest absolute Gasteiger partial charge is 0.273 e. The molecular formula is C21H28FN5O3. The van der Waals surface area contributed by atoms with Crippen LogP contribution in [0.4, 0.5) is 4.39 Å². The molecule has 1 aliphatic rings. The molecular weight excluding hydrogens is 389 g/mol. The van der Waals surface area contributed by atoms with Gasteiger partial charge in [-0.15, -0.1) is 5.10 Å².